The third kappa shape index (κ3) is 5.74. The summed E-state index contributed by atoms with van der Waals surface area (Å²) >= 11 is 0. The van der Waals surface area contributed by atoms with E-state index in [1.54, 1.807) is 0 Å². The number of carbonyl (C=O) groups excluding carboxylic acids is 1. The smallest absolute Gasteiger partial charge is 0.158 e. The highest BCUT2D eigenvalue weighted by atomic mass is 16.5. The number of Topliss-reactive ketones (excluding diaryl/α,β-unsaturated/α-hetero) is 1. The van der Waals surface area contributed by atoms with Gasteiger partial charge in [0.25, 0.3) is 0 Å². The van der Waals surface area contributed by atoms with E-state index in [1.807, 2.05) is 0 Å². The van der Waals surface area contributed by atoms with Crippen LogP contribution >= 0.6 is 0 Å². The molecule has 0 amide bonds. The highest BCUT2D eigenvalue weighted by Crippen LogP contribution is 2.03. The van der Waals surface area contributed by atoms with E-state index in [-0.39, 0.29) is 19.0 Å². The summed E-state index contributed by atoms with van der Waals surface area (Å²) in [6.45, 7) is 4.68. The number of ketones is 1. The fourth-order valence-electron chi connectivity index (χ4n) is 0.869. The van der Waals surface area contributed by atoms with E-state index in [9.17, 15) is 4.79 Å². The molecule has 0 aliphatic rings. The maximum atomic E-state index is 10.9. The van der Waals surface area contributed by atoms with Crippen LogP contribution in [0.2, 0.25) is 0 Å². The fourth-order valence-corrected chi connectivity index (χ4v) is 0.869. The standard InChI is InChI=1S/C9H17O4/c1-3-4-9(7(2)11)13-6-8(12)5-10/h8-10,12H,1,3-6H2,2H3. The predicted molar refractivity (Wildman–Crippen MR) is 48.1 cm³/mol. The maximum absolute atomic E-state index is 10.9. The molecule has 0 aliphatic heterocycles. The number of aliphatic hydroxyl groups is 2. The lowest BCUT2D eigenvalue weighted by atomic mass is 10.1. The Morgan fingerprint density at radius 2 is 2.23 bits per heavy atom. The van der Waals surface area contributed by atoms with Crippen LogP contribution in [0.1, 0.15) is 19.8 Å². The van der Waals surface area contributed by atoms with Gasteiger partial charge in [0.05, 0.1) is 13.2 Å². The van der Waals surface area contributed by atoms with Gasteiger partial charge in [-0.15, -0.1) is 0 Å². The molecule has 0 fully saturated rings. The van der Waals surface area contributed by atoms with Crippen LogP contribution in [0.3, 0.4) is 0 Å². The summed E-state index contributed by atoms with van der Waals surface area (Å²) in [7, 11) is 0. The van der Waals surface area contributed by atoms with Gasteiger partial charge in [-0.05, 0) is 13.3 Å². The third-order valence-corrected chi connectivity index (χ3v) is 1.62. The Labute approximate surface area is 78.5 Å². The summed E-state index contributed by atoms with van der Waals surface area (Å²) in [5.41, 5.74) is 0. The van der Waals surface area contributed by atoms with Crippen molar-refractivity contribution < 1.29 is 19.7 Å². The highest BCUT2D eigenvalue weighted by Gasteiger charge is 2.14. The Morgan fingerprint density at radius 3 is 2.62 bits per heavy atom. The lowest BCUT2D eigenvalue weighted by Crippen LogP contribution is -2.28. The molecule has 13 heavy (non-hydrogen) atoms. The molecule has 4 heteroatoms. The van der Waals surface area contributed by atoms with E-state index >= 15 is 0 Å². The summed E-state index contributed by atoms with van der Waals surface area (Å²) in [5, 5.41) is 17.4. The van der Waals surface area contributed by atoms with E-state index in [0.29, 0.717) is 12.8 Å². The van der Waals surface area contributed by atoms with Gasteiger partial charge in [-0.3, -0.25) is 4.79 Å². The van der Waals surface area contributed by atoms with Crippen LogP contribution in [0.5, 0.6) is 0 Å². The second-order valence-corrected chi connectivity index (χ2v) is 2.91. The number of hydrogen-bond donors (Lipinski definition) is 2. The Morgan fingerprint density at radius 1 is 1.62 bits per heavy atom. The van der Waals surface area contributed by atoms with Gasteiger partial charge < -0.3 is 14.9 Å². The van der Waals surface area contributed by atoms with Crippen molar-refractivity contribution in [1.29, 1.82) is 0 Å². The van der Waals surface area contributed by atoms with Gasteiger partial charge in [-0.2, -0.15) is 0 Å². The average molecular weight is 189 g/mol. The van der Waals surface area contributed by atoms with Crippen molar-refractivity contribution in [2.24, 2.45) is 0 Å². The molecule has 2 unspecified atom stereocenters. The minimum atomic E-state index is -0.910. The van der Waals surface area contributed by atoms with Crippen LogP contribution in [0.15, 0.2) is 0 Å². The molecule has 2 atom stereocenters. The molecule has 0 spiro atoms. The minimum absolute atomic E-state index is 0.0131. The van der Waals surface area contributed by atoms with Gasteiger partial charge >= 0.3 is 0 Å². The first kappa shape index (κ1) is 12.6. The van der Waals surface area contributed by atoms with E-state index in [2.05, 4.69) is 6.92 Å². The van der Waals surface area contributed by atoms with Crippen molar-refractivity contribution in [1.82, 2.24) is 0 Å². The maximum Gasteiger partial charge on any atom is 0.158 e. The number of aliphatic hydroxyl groups excluding tert-OH is 2. The zero-order chi connectivity index (χ0) is 10.3. The van der Waals surface area contributed by atoms with Crippen LogP contribution in [-0.2, 0) is 9.53 Å². The first-order valence-electron chi connectivity index (χ1n) is 4.32. The van der Waals surface area contributed by atoms with Gasteiger partial charge in [0.15, 0.2) is 5.78 Å². The first-order chi connectivity index (χ1) is 6.11. The lowest BCUT2D eigenvalue weighted by molar-refractivity contribution is -0.131. The summed E-state index contributed by atoms with van der Waals surface area (Å²) in [5.74, 6) is -0.0752. The Balaban J connectivity index is 3.75. The molecule has 0 aromatic heterocycles. The Hall–Kier alpha value is -0.450. The second kappa shape index (κ2) is 7.00. The number of hydrogen-bond acceptors (Lipinski definition) is 4. The molecule has 0 saturated heterocycles. The van der Waals surface area contributed by atoms with Crippen LogP contribution in [0.25, 0.3) is 0 Å². The van der Waals surface area contributed by atoms with E-state index in [4.69, 9.17) is 14.9 Å². The van der Waals surface area contributed by atoms with Crippen LogP contribution in [0.4, 0.5) is 0 Å². The van der Waals surface area contributed by atoms with Crippen molar-refractivity contribution in [3.8, 4) is 0 Å². The lowest BCUT2D eigenvalue weighted by Gasteiger charge is -2.15. The quantitative estimate of drug-likeness (QED) is 0.588. The van der Waals surface area contributed by atoms with Crippen molar-refractivity contribution in [2.75, 3.05) is 13.2 Å². The summed E-state index contributed by atoms with van der Waals surface area (Å²) in [4.78, 5) is 10.9. The third-order valence-electron chi connectivity index (χ3n) is 1.62. The zero-order valence-electron chi connectivity index (χ0n) is 7.90. The molecule has 77 valence electrons. The molecular weight excluding hydrogens is 172 g/mol. The van der Waals surface area contributed by atoms with Crippen molar-refractivity contribution >= 4 is 5.78 Å². The topological polar surface area (TPSA) is 66.8 Å². The molecule has 0 aliphatic carbocycles. The fraction of sp³-hybridized carbons (Fsp3) is 0.778. The summed E-state index contributed by atoms with van der Waals surface area (Å²) in [6, 6.07) is 0. The second-order valence-electron chi connectivity index (χ2n) is 2.91. The summed E-state index contributed by atoms with van der Waals surface area (Å²) < 4.78 is 5.10. The largest absolute Gasteiger partial charge is 0.394 e. The predicted octanol–water partition coefficient (Wildman–Crippen LogP) is -0.0719. The number of carbonyl (C=O) groups is 1. The molecule has 1 radical (unpaired) electrons. The van der Waals surface area contributed by atoms with Gasteiger partial charge in [-0.25, -0.2) is 0 Å². The molecule has 4 nitrogen and oxygen atoms in total. The van der Waals surface area contributed by atoms with Crippen molar-refractivity contribution in [3.05, 3.63) is 6.92 Å². The van der Waals surface area contributed by atoms with Gasteiger partial charge in [0.1, 0.15) is 12.2 Å². The molecule has 0 aromatic rings. The monoisotopic (exact) mass is 189 g/mol. The van der Waals surface area contributed by atoms with Crippen LogP contribution in [0, 0.1) is 6.92 Å². The molecular formula is C9H17O4. The Kier molecular flexibility index (Phi) is 6.76. The highest BCUT2D eigenvalue weighted by molar-refractivity contribution is 5.80. The zero-order valence-corrected chi connectivity index (χ0v) is 7.90. The molecule has 0 heterocycles. The summed E-state index contributed by atoms with van der Waals surface area (Å²) in [6.07, 6.45) is -0.252. The van der Waals surface area contributed by atoms with Crippen LogP contribution < -0.4 is 0 Å². The average Bonchev–Trinajstić information content (AvgIpc) is 2.11. The van der Waals surface area contributed by atoms with E-state index < -0.39 is 12.2 Å². The molecule has 0 rings (SSSR count). The SMILES string of the molecule is [CH2]CCC(OCC(O)CO)C(C)=O. The van der Waals surface area contributed by atoms with Crippen LogP contribution in [-0.4, -0.2) is 41.4 Å². The van der Waals surface area contributed by atoms with E-state index in [0.717, 1.165) is 0 Å². The van der Waals surface area contributed by atoms with Gasteiger partial charge in [-0.1, -0.05) is 13.3 Å². The van der Waals surface area contributed by atoms with Gasteiger partial charge in [0.2, 0.25) is 0 Å². The molecule has 0 saturated carbocycles. The first-order valence-corrected chi connectivity index (χ1v) is 4.32. The number of ether oxygens (including phenoxy) is 1. The van der Waals surface area contributed by atoms with E-state index in [1.165, 1.54) is 6.92 Å². The number of rotatable bonds is 7. The van der Waals surface area contributed by atoms with Crippen molar-refractivity contribution in [2.45, 2.75) is 32.0 Å². The Bertz CT molecular complexity index is 147. The van der Waals surface area contributed by atoms with Crippen molar-refractivity contribution in [3.63, 3.8) is 0 Å². The molecule has 0 bridgehead atoms. The molecule has 0 aromatic carbocycles. The van der Waals surface area contributed by atoms with Gasteiger partial charge in [0, 0.05) is 0 Å². The minimum Gasteiger partial charge on any atom is -0.394 e. The normalized spacial score (nSPS) is 15.4. The molecule has 2 N–H and O–H groups in total.